The molecule has 1 aromatic carbocycles. The van der Waals surface area contributed by atoms with Gasteiger partial charge in [0.2, 0.25) is 17.8 Å². The van der Waals surface area contributed by atoms with Gasteiger partial charge in [-0.1, -0.05) is 12.8 Å². The third-order valence-electron chi connectivity index (χ3n) is 15.1. The summed E-state index contributed by atoms with van der Waals surface area (Å²) < 4.78 is 1.70. The lowest BCUT2D eigenvalue weighted by molar-refractivity contribution is -0.136. The summed E-state index contributed by atoms with van der Waals surface area (Å²) in [5.74, 6) is -0.200. The monoisotopic (exact) mass is 911 g/mol. The Morgan fingerprint density at radius 3 is 2.06 bits per heavy atom. The lowest BCUT2D eigenvalue weighted by atomic mass is 9.82. The molecule has 18 nitrogen and oxygen atoms in total. The molecule has 8 heterocycles. The van der Waals surface area contributed by atoms with Gasteiger partial charge in [0.15, 0.2) is 5.78 Å². The average molecular weight is 912 g/mol. The SMILES string of the molecule is CC(=O)c1c(C)c2cnc(Nc3ccc(N4CCN(C(=O)N5CCC(CC6CCN(c7ccc8c(c7)C(=O)N(C7CCC(=O)NC7=O)C8=O)CC6)CC5)CC4)cn3)nc2n(C2CCCC2)c1=O. The zero-order valence-electron chi connectivity index (χ0n) is 38.2. The molecule has 0 spiro atoms. The lowest BCUT2D eigenvalue weighted by Crippen LogP contribution is -2.54. The quantitative estimate of drug-likeness (QED) is 0.164. The second-order valence-corrected chi connectivity index (χ2v) is 19.2. The van der Waals surface area contributed by atoms with Gasteiger partial charge in [0.1, 0.15) is 17.5 Å². The Hall–Kier alpha value is -6.72. The molecule has 1 saturated carbocycles. The van der Waals surface area contributed by atoms with Crippen LogP contribution in [-0.4, -0.2) is 128 Å². The molecule has 350 valence electrons. The van der Waals surface area contributed by atoms with E-state index in [2.05, 4.69) is 30.4 Å². The van der Waals surface area contributed by atoms with Crippen molar-refractivity contribution in [2.45, 2.75) is 96.6 Å². The number of piperazine rings is 1. The average Bonchev–Trinajstić information content (AvgIpc) is 3.95. The van der Waals surface area contributed by atoms with Crippen molar-refractivity contribution in [3.63, 3.8) is 0 Å². The third kappa shape index (κ3) is 8.50. The van der Waals surface area contributed by atoms with Crippen molar-refractivity contribution >= 4 is 69.6 Å². The molecule has 2 N–H and O–H groups in total. The van der Waals surface area contributed by atoms with E-state index in [1.165, 1.54) is 6.92 Å². The molecule has 6 amide bonds. The number of benzene rings is 1. The van der Waals surface area contributed by atoms with E-state index in [1.807, 2.05) is 34.2 Å². The first-order valence-electron chi connectivity index (χ1n) is 24.0. The number of ketones is 1. The molecule has 1 aliphatic carbocycles. The number of likely N-dealkylation sites (tertiary alicyclic amines) is 1. The number of imide groups is 2. The summed E-state index contributed by atoms with van der Waals surface area (Å²) >= 11 is 0. The summed E-state index contributed by atoms with van der Waals surface area (Å²) in [4.78, 5) is 114. The van der Waals surface area contributed by atoms with Crippen molar-refractivity contribution in [1.29, 1.82) is 0 Å². The zero-order valence-corrected chi connectivity index (χ0v) is 38.2. The van der Waals surface area contributed by atoms with Crippen molar-refractivity contribution in [3.05, 3.63) is 75.3 Å². The maximum atomic E-state index is 13.7. The highest BCUT2D eigenvalue weighted by Crippen LogP contribution is 2.36. The number of hydrogen-bond acceptors (Lipinski definition) is 13. The molecule has 18 heteroatoms. The number of fused-ring (bicyclic) bond motifs is 2. The number of carbonyl (C=O) groups excluding carboxylic acids is 6. The number of anilines is 4. The molecule has 67 heavy (non-hydrogen) atoms. The van der Waals surface area contributed by atoms with Gasteiger partial charge in [0, 0.05) is 82.1 Å². The topological polar surface area (TPSA) is 203 Å². The first-order valence-corrected chi connectivity index (χ1v) is 24.0. The number of nitrogens with zero attached hydrogens (tertiary/aromatic N) is 9. The first-order chi connectivity index (χ1) is 32.4. The number of nitrogens with one attached hydrogen (secondary N) is 2. The standard InChI is InChI=1S/C49H57N11O7/c1-29-38-28-51-48(54-43(38)59(33-5-3-4-6-33)47(66)42(29)30(2)61)52-40-11-8-35(27-50-40)56-21-23-58(24-22-56)49(67)57-19-15-32(16-20-57)25-31-13-17-55(18-14-31)34-7-9-36-37(26-34)46(65)60(45(36)64)39-10-12-41(62)53-44(39)63/h7-9,11,26-28,31-33,39H,3-6,10,12-25H2,1-2H3,(H,53,62,63)(H,50,51,52,54). The Morgan fingerprint density at radius 1 is 0.731 bits per heavy atom. The fraction of sp³-hybridized carbons (Fsp3) is 0.510. The van der Waals surface area contributed by atoms with Crippen molar-refractivity contribution in [1.82, 2.24) is 39.5 Å². The van der Waals surface area contributed by atoms with Gasteiger partial charge in [-0.2, -0.15) is 4.98 Å². The van der Waals surface area contributed by atoms with E-state index in [1.54, 1.807) is 29.8 Å². The van der Waals surface area contributed by atoms with Crippen LogP contribution in [0.2, 0.25) is 0 Å². The largest absolute Gasteiger partial charge is 0.371 e. The summed E-state index contributed by atoms with van der Waals surface area (Å²) in [6.45, 7) is 9.08. The maximum absolute atomic E-state index is 13.7. The number of piperidine rings is 3. The Kier molecular flexibility index (Phi) is 12.0. The number of pyridine rings is 2. The van der Waals surface area contributed by atoms with Crippen molar-refractivity contribution < 1.29 is 28.8 Å². The minimum Gasteiger partial charge on any atom is -0.371 e. The van der Waals surface area contributed by atoms with Gasteiger partial charge in [-0.3, -0.25) is 43.6 Å². The van der Waals surface area contributed by atoms with Crippen molar-refractivity contribution in [3.8, 4) is 0 Å². The van der Waals surface area contributed by atoms with E-state index in [9.17, 15) is 33.6 Å². The first kappa shape index (κ1) is 44.1. The highest BCUT2D eigenvalue weighted by molar-refractivity contribution is 6.23. The van der Waals surface area contributed by atoms with Crippen LogP contribution in [0.1, 0.15) is 120 Å². The van der Waals surface area contributed by atoms with Crippen LogP contribution in [0.25, 0.3) is 11.0 Å². The smallest absolute Gasteiger partial charge is 0.320 e. The molecule has 4 saturated heterocycles. The number of aryl methyl sites for hydroxylation is 1. The van der Waals surface area contributed by atoms with Gasteiger partial charge in [0.25, 0.3) is 17.4 Å². The van der Waals surface area contributed by atoms with Gasteiger partial charge >= 0.3 is 6.03 Å². The fourth-order valence-electron chi connectivity index (χ4n) is 11.3. The molecular formula is C49H57N11O7. The number of hydrogen-bond donors (Lipinski definition) is 2. The van der Waals surface area contributed by atoms with E-state index in [0.29, 0.717) is 77.5 Å². The van der Waals surface area contributed by atoms with Crippen LogP contribution in [0, 0.1) is 18.8 Å². The second-order valence-electron chi connectivity index (χ2n) is 19.2. The van der Waals surface area contributed by atoms with Gasteiger partial charge in [-0.05, 0) is 113 Å². The Morgan fingerprint density at radius 2 is 1.39 bits per heavy atom. The Bertz CT molecular complexity index is 2710. The van der Waals surface area contributed by atoms with Crippen LogP contribution < -0.4 is 26.0 Å². The molecule has 6 aliphatic rings. The number of rotatable bonds is 9. The zero-order chi connectivity index (χ0) is 46.5. The molecule has 10 rings (SSSR count). The minimum absolute atomic E-state index is 0.00666. The second kappa shape index (κ2) is 18.2. The molecular weight excluding hydrogens is 855 g/mol. The van der Waals surface area contributed by atoms with Crippen molar-refractivity contribution in [2.24, 2.45) is 11.8 Å². The summed E-state index contributed by atoms with van der Waals surface area (Å²) in [5.41, 5.74) is 3.50. The molecule has 1 atom stereocenters. The van der Waals surface area contributed by atoms with Crippen LogP contribution in [0.3, 0.4) is 0 Å². The van der Waals surface area contributed by atoms with Gasteiger partial charge in [0.05, 0.1) is 28.6 Å². The number of amides is 6. The Balaban J connectivity index is 0.673. The van der Waals surface area contributed by atoms with Crippen LogP contribution in [0.5, 0.6) is 0 Å². The minimum atomic E-state index is -0.979. The van der Waals surface area contributed by atoms with Crippen LogP contribution in [0.15, 0.2) is 47.5 Å². The summed E-state index contributed by atoms with van der Waals surface area (Å²) in [6, 6.07) is 8.35. The summed E-state index contributed by atoms with van der Waals surface area (Å²) in [6.07, 6.45) is 12.7. The van der Waals surface area contributed by atoms with E-state index in [4.69, 9.17) is 4.98 Å². The molecule has 4 aromatic rings. The molecule has 5 fully saturated rings. The number of urea groups is 1. The third-order valence-corrected chi connectivity index (χ3v) is 15.1. The fourth-order valence-corrected chi connectivity index (χ4v) is 11.3. The molecule has 0 radical (unpaired) electrons. The summed E-state index contributed by atoms with van der Waals surface area (Å²) in [7, 11) is 0. The molecule has 0 bridgehead atoms. The number of aromatic nitrogens is 4. The predicted octanol–water partition coefficient (Wildman–Crippen LogP) is 5.22. The maximum Gasteiger partial charge on any atom is 0.320 e. The number of carbonyl (C=O) groups is 6. The van der Waals surface area contributed by atoms with E-state index in [-0.39, 0.29) is 41.8 Å². The van der Waals surface area contributed by atoms with E-state index < -0.39 is 29.7 Å². The molecule has 5 aliphatic heterocycles. The molecule has 3 aromatic heterocycles. The van der Waals surface area contributed by atoms with E-state index >= 15 is 0 Å². The van der Waals surface area contributed by atoms with Crippen LogP contribution in [-0.2, 0) is 9.59 Å². The van der Waals surface area contributed by atoms with Gasteiger partial charge in [-0.15, -0.1) is 0 Å². The molecule has 1 unspecified atom stereocenters. The predicted molar refractivity (Wildman–Crippen MR) is 250 cm³/mol. The van der Waals surface area contributed by atoms with Crippen LogP contribution >= 0.6 is 0 Å². The summed E-state index contributed by atoms with van der Waals surface area (Å²) in [5, 5.41) is 6.14. The van der Waals surface area contributed by atoms with Crippen LogP contribution in [0.4, 0.5) is 27.9 Å². The Labute approximate surface area is 388 Å². The number of Topliss-reactive ketones (excluding diaryl/α,β-unsaturated/α-hetero) is 1. The van der Waals surface area contributed by atoms with Gasteiger partial charge < -0.3 is 24.9 Å². The van der Waals surface area contributed by atoms with E-state index in [0.717, 1.165) is 100 Å². The highest BCUT2D eigenvalue weighted by Gasteiger charge is 2.45. The highest BCUT2D eigenvalue weighted by atomic mass is 16.2. The normalized spacial score (nSPS) is 21.1. The lowest BCUT2D eigenvalue weighted by Gasteiger charge is -2.41. The van der Waals surface area contributed by atoms with Gasteiger partial charge in [-0.25, -0.2) is 14.8 Å². The van der Waals surface area contributed by atoms with Crippen molar-refractivity contribution in [2.75, 3.05) is 67.5 Å².